The summed E-state index contributed by atoms with van der Waals surface area (Å²) in [5.41, 5.74) is 2.19. The molecular weight excluding hydrogens is 226 g/mol. The van der Waals surface area contributed by atoms with Crippen molar-refractivity contribution >= 4 is 5.91 Å². The number of carbonyl (C=O) groups is 1. The minimum atomic E-state index is 0.118. The molecule has 4 heteroatoms. The molecule has 0 aromatic carbocycles. The van der Waals surface area contributed by atoms with Gasteiger partial charge in [-0.1, -0.05) is 13.0 Å². The van der Waals surface area contributed by atoms with Gasteiger partial charge in [-0.2, -0.15) is 0 Å². The van der Waals surface area contributed by atoms with Crippen LogP contribution >= 0.6 is 0 Å². The van der Waals surface area contributed by atoms with E-state index in [1.54, 1.807) is 6.20 Å². The molecule has 98 valence electrons. The van der Waals surface area contributed by atoms with Gasteiger partial charge >= 0.3 is 0 Å². The maximum absolute atomic E-state index is 12.0. The molecule has 0 radical (unpaired) electrons. The lowest BCUT2D eigenvalue weighted by molar-refractivity contribution is -0.125. The zero-order chi connectivity index (χ0) is 12.8. The Morgan fingerprint density at radius 2 is 2.50 bits per heavy atom. The van der Waals surface area contributed by atoms with E-state index in [0.717, 1.165) is 38.0 Å². The Balaban J connectivity index is 1.88. The van der Waals surface area contributed by atoms with Crippen LogP contribution < -0.4 is 10.6 Å². The van der Waals surface area contributed by atoms with Gasteiger partial charge in [0.25, 0.3) is 0 Å². The molecule has 2 rings (SSSR count). The highest BCUT2D eigenvalue weighted by molar-refractivity contribution is 5.78. The molecule has 4 nitrogen and oxygen atoms in total. The van der Waals surface area contributed by atoms with Crippen molar-refractivity contribution in [3.05, 3.63) is 29.6 Å². The fraction of sp³-hybridized carbons (Fsp3) is 0.571. The number of hydrogen-bond donors (Lipinski definition) is 2. The maximum Gasteiger partial charge on any atom is 0.224 e. The second-order valence-electron chi connectivity index (χ2n) is 4.72. The zero-order valence-electron chi connectivity index (χ0n) is 10.9. The van der Waals surface area contributed by atoms with Crippen molar-refractivity contribution in [2.75, 3.05) is 13.1 Å². The van der Waals surface area contributed by atoms with Crippen LogP contribution in [0.2, 0.25) is 0 Å². The van der Waals surface area contributed by atoms with Crippen molar-refractivity contribution in [1.82, 2.24) is 15.6 Å². The molecule has 2 heterocycles. The molecule has 1 aromatic rings. The van der Waals surface area contributed by atoms with E-state index in [9.17, 15) is 4.79 Å². The minimum absolute atomic E-state index is 0.118. The second kappa shape index (κ2) is 6.50. The van der Waals surface area contributed by atoms with Crippen LogP contribution in [0.15, 0.2) is 18.3 Å². The van der Waals surface area contributed by atoms with Crippen molar-refractivity contribution in [3.8, 4) is 0 Å². The number of piperidine rings is 1. The zero-order valence-corrected chi connectivity index (χ0v) is 10.9. The summed E-state index contributed by atoms with van der Waals surface area (Å²) in [4.78, 5) is 16.3. The quantitative estimate of drug-likeness (QED) is 0.842. The van der Waals surface area contributed by atoms with Gasteiger partial charge in [-0.05, 0) is 37.4 Å². The Kier molecular flexibility index (Phi) is 4.70. The first-order valence-electron chi connectivity index (χ1n) is 6.72. The molecule has 1 saturated heterocycles. The lowest BCUT2D eigenvalue weighted by atomic mass is 9.99. The number of amides is 1. The van der Waals surface area contributed by atoms with Gasteiger partial charge in [-0.3, -0.25) is 9.78 Å². The lowest BCUT2D eigenvalue weighted by Gasteiger charge is -2.22. The highest BCUT2D eigenvalue weighted by Crippen LogP contribution is 2.11. The number of rotatable bonds is 4. The van der Waals surface area contributed by atoms with E-state index in [1.807, 2.05) is 6.07 Å². The molecule has 1 aliphatic rings. The van der Waals surface area contributed by atoms with Crippen LogP contribution in [0.25, 0.3) is 0 Å². The summed E-state index contributed by atoms with van der Waals surface area (Å²) in [6.45, 7) is 4.48. The van der Waals surface area contributed by atoms with E-state index < -0.39 is 0 Å². The Bertz CT molecular complexity index is 400. The molecule has 0 unspecified atom stereocenters. The number of aromatic nitrogens is 1. The average Bonchev–Trinajstić information content (AvgIpc) is 2.46. The standard InChI is InChI=1S/C14H21N3O/c1-2-11-5-4-8-16-13(11)10-17-14(18)12-6-3-7-15-9-12/h4-5,8,12,15H,2-3,6-7,9-10H2,1H3,(H,17,18)/t12-/m1/s1. The number of pyridine rings is 1. The molecule has 0 spiro atoms. The van der Waals surface area contributed by atoms with Gasteiger partial charge < -0.3 is 10.6 Å². The highest BCUT2D eigenvalue weighted by Gasteiger charge is 2.20. The molecule has 1 aliphatic heterocycles. The van der Waals surface area contributed by atoms with E-state index in [4.69, 9.17) is 0 Å². The van der Waals surface area contributed by atoms with Gasteiger partial charge in [-0.15, -0.1) is 0 Å². The first-order chi connectivity index (χ1) is 8.81. The van der Waals surface area contributed by atoms with Gasteiger partial charge in [0.2, 0.25) is 5.91 Å². The number of nitrogens with one attached hydrogen (secondary N) is 2. The Hall–Kier alpha value is -1.42. The monoisotopic (exact) mass is 247 g/mol. The summed E-state index contributed by atoms with van der Waals surface area (Å²) in [7, 11) is 0. The number of aryl methyl sites for hydroxylation is 1. The van der Waals surface area contributed by atoms with E-state index in [2.05, 4.69) is 28.6 Å². The summed E-state index contributed by atoms with van der Waals surface area (Å²) in [6.07, 6.45) is 4.80. The van der Waals surface area contributed by atoms with Gasteiger partial charge in [-0.25, -0.2) is 0 Å². The van der Waals surface area contributed by atoms with Crippen LogP contribution in [0, 0.1) is 5.92 Å². The van der Waals surface area contributed by atoms with Crippen LogP contribution in [-0.4, -0.2) is 24.0 Å². The molecule has 0 bridgehead atoms. The summed E-state index contributed by atoms with van der Waals surface area (Å²) in [5, 5.41) is 6.26. The molecule has 2 N–H and O–H groups in total. The molecule has 0 saturated carbocycles. The summed E-state index contributed by atoms with van der Waals surface area (Å²) in [5.74, 6) is 0.266. The highest BCUT2D eigenvalue weighted by atomic mass is 16.1. The summed E-state index contributed by atoms with van der Waals surface area (Å²) in [6, 6.07) is 4.01. The molecule has 1 atom stereocenters. The third-order valence-corrected chi connectivity index (χ3v) is 3.46. The number of hydrogen-bond acceptors (Lipinski definition) is 3. The van der Waals surface area contributed by atoms with E-state index >= 15 is 0 Å². The van der Waals surface area contributed by atoms with Crippen molar-refractivity contribution in [2.24, 2.45) is 5.92 Å². The van der Waals surface area contributed by atoms with E-state index in [-0.39, 0.29) is 11.8 Å². The van der Waals surface area contributed by atoms with Crippen molar-refractivity contribution in [1.29, 1.82) is 0 Å². The SMILES string of the molecule is CCc1cccnc1CNC(=O)[C@@H]1CCCNC1. The predicted molar refractivity (Wildman–Crippen MR) is 71.1 cm³/mol. The number of nitrogens with zero attached hydrogens (tertiary/aromatic N) is 1. The van der Waals surface area contributed by atoms with Crippen LogP contribution in [0.4, 0.5) is 0 Å². The topological polar surface area (TPSA) is 54.0 Å². The molecule has 18 heavy (non-hydrogen) atoms. The third-order valence-electron chi connectivity index (χ3n) is 3.46. The van der Waals surface area contributed by atoms with Gasteiger partial charge in [0.1, 0.15) is 0 Å². The minimum Gasteiger partial charge on any atom is -0.350 e. The van der Waals surface area contributed by atoms with E-state index in [1.165, 1.54) is 5.56 Å². The Labute approximate surface area is 108 Å². The summed E-state index contributed by atoms with van der Waals surface area (Å²) < 4.78 is 0. The predicted octanol–water partition coefficient (Wildman–Crippen LogP) is 1.26. The lowest BCUT2D eigenvalue weighted by Crippen LogP contribution is -2.40. The molecule has 1 amide bonds. The average molecular weight is 247 g/mol. The smallest absolute Gasteiger partial charge is 0.224 e. The van der Waals surface area contributed by atoms with Crippen molar-refractivity contribution in [2.45, 2.75) is 32.7 Å². The van der Waals surface area contributed by atoms with Crippen LogP contribution in [-0.2, 0) is 17.8 Å². The molecular formula is C14H21N3O. The third kappa shape index (κ3) is 3.29. The van der Waals surface area contributed by atoms with Crippen LogP contribution in [0.1, 0.15) is 31.0 Å². The van der Waals surface area contributed by atoms with Crippen molar-refractivity contribution < 1.29 is 4.79 Å². The normalized spacial score (nSPS) is 19.5. The first-order valence-corrected chi connectivity index (χ1v) is 6.72. The second-order valence-corrected chi connectivity index (χ2v) is 4.72. The largest absolute Gasteiger partial charge is 0.350 e. The fourth-order valence-corrected chi connectivity index (χ4v) is 2.34. The molecule has 0 aliphatic carbocycles. The van der Waals surface area contributed by atoms with Crippen LogP contribution in [0.5, 0.6) is 0 Å². The maximum atomic E-state index is 12.0. The molecule has 1 aromatic heterocycles. The number of carbonyl (C=O) groups excluding carboxylic acids is 1. The fourth-order valence-electron chi connectivity index (χ4n) is 2.34. The van der Waals surface area contributed by atoms with Gasteiger partial charge in [0, 0.05) is 12.7 Å². The van der Waals surface area contributed by atoms with Crippen LogP contribution in [0.3, 0.4) is 0 Å². The Morgan fingerprint density at radius 3 is 3.22 bits per heavy atom. The summed E-state index contributed by atoms with van der Waals surface area (Å²) >= 11 is 0. The van der Waals surface area contributed by atoms with Gasteiger partial charge in [0.15, 0.2) is 0 Å². The molecule has 1 fully saturated rings. The first kappa shape index (κ1) is 13.0. The van der Waals surface area contributed by atoms with Crippen molar-refractivity contribution in [3.63, 3.8) is 0 Å². The van der Waals surface area contributed by atoms with Gasteiger partial charge in [0.05, 0.1) is 18.2 Å². The van der Waals surface area contributed by atoms with E-state index in [0.29, 0.717) is 6.54 Å². The Morgan fingerprint density at radius 1 is 1.61 bits per heavy atom.